The molecule has 1 aromatic heterocycles. The zero-order valence-corrected chi connectivity index (χ0v) is 9.78. The van der Waals surface area contributed by atoms with Gasteiger partial charge in [0.25, 0.3) is 0 Å². The van der Waals surface area contributed by atoms with E-state index in [0.717, 1.165) is 0 Å². The first-order valence-electron chi connectivity index (χ1n) is 4.48. The van der Waals surface area contributed by atoms with Crippen LogP contribution < -0.4 is 0 Å². The molecular formula is C9H12N2O4S. The van der Waals surface area contributed by atoms with Crippen LogP contribution in [0.4, 0.5) is 4.79 Å². The first-order valence-corrected chi connectivity index (χ1v) is 5.36. The Hall–Kier alpha value is -1.63. The summed E-state index contributed by atoms with van der Waals surface area (Å²) in [5, 5.41) is 10.8. The fraction of sp³-hybridized carbons (Fsp3) is 0.444. The summed E-state index contributed by atoms with van der Waals surface area (Å²) < 4.78 is 4.90. The highest BCUT2D eigenvalue weighted by atomic mass is 32.1. The average Bonchev–Trinajstić information content (AvgIpc) is 2.60. The first kappa shape index (κ1) is 12.4. The van der Waals surface area contributed by atoms with Crippen molar-refractivity contribution in [1.82, 2.24) is 9.88 Å². The van der Waals surface area contributed by atoms with Crippen LogP contribution in [0.2, 0.25) is 0 Å². The van der Waals surface area contributed by atoms with Gasteiger partial charge in [0, 0.05) is 19.5 Å². The number of carbonyl (C=O) groups excluding carboxylic acids is 1. The van der Waals surface area contributed by atoms with Crippen molar-refractivity contribution in [3.05, 3.63) is 16.1 Å². The Kier molecular flexibility index (Phi) is 4.24. The Labute approximate surface area is 96.5 Å². The molecule has 0 fully saturated rings. The minimum absolute atomic E-state index is 0.0707. The van der Waals surface area contributed by atoms with Crippen LogP contribution in [-0.4, -0.2) is 41.1 Å². The van der Waals surface area contributed by atoms with Crippen molar-refractivity contribution < 1.29 is 19.4 Å². The number of hydrogen-bond donors (Lipinski definition) is 1. The second kappa shape index (κ2) is 5.45. The van der Waals surface area contributed by atoms with Crippen molar-refractivity contribution in [3.8, 4) is 0 Å². The Morgan fingerprint density at radius 1 is 1.56 bits per heavy atom. The Bertz CT molecular complexity index is 389. The fourth-order valence-corrected chi connectivity index (χ4v) is 1.61. The number of carbonyl (C=O) groups is 2. The number of rotatable bonds is 4. The molecule has 1 amide bonds. The molecule has 0 spiro atoms. The molecule has 0 bridgehead atoms. The molecule has 0 saturated heterocycles. The van der Waals surface area contributed by atoms with Gasteiger partial charge in [-0.2, -0.15) is 0 Å². The molecule has 6 nitrogen and oxygen atoms in total. The standard InChI is InChI=1S/C9H12N2O4S/c1-11(2)9(14)15-4-7-10-6(5-16-7)3-8(12)13/h5H,3-4H2,1-2H3,(H,12,13). The number of carboxylic acids is 1. The molecule has 16 heavy (non-hydrogen) atoms. The molecule has 0 saturated carbocycles. The summed E-state index contributed by atoms with van der Waals surface area (Å²) in [5.41, 5.74) is 0.480. The second-order valence-electron chi connectivity index (χ2n) is 3.25. The van der Waals surface area contributed by atoms with Crippen molar-refractivity contribution in [2.75, 3.05) is 14.1 Å². The summed E-state index contributed by atoms with van der Waals surface area (Å²) in [7, 11) is 3.17. The smallest absolute Gasteiger partial charge is 0.409 e. The fourth-order valence-electron chi connectivity index (χ4n) is 0.904. The lowest BCUT2D eigenvalue weighted by molar-refractivity contribution is -0.136. The maximum atomic E-state index is 11.1. The van der Waals surface area contributed by atoms with Gasteiger partial charge in [0.2, 0.25) is 0 Å². The zero-order chi connectivity index (χ0) is 12.1. The number of nitrogens with zero attached hydrogens (tertiary/aromatic N) is 2. The summed E-state index contributed by atoms with van der Waals surface area (Å²) in [4.78, 5) is 26.8. The predicted molar refractivity (Wildman–Crippen MR) is 57.3 cm³/mol. The monoisotopic (exact) mass is 244 g/mol. The normalized spacial score (nSPS) is 9.88. The van der Waals surface area contributed by atoms with Gasteiger partial charge in [-0.1, -0.05) is 0 Å². The summed E-state index contributed by atoms with van der Waals surface area (Å²) in [6.45, 7) is 0.0707. The molecule has 0 aliphatic heterocycles. The van der Waals surface area contributed by atoms with E-state index >= 15 is 0 Å². The third-order valence-electron chi connectivity index (χ3n) is 1.62. The van der Waals surface area contributed by atoms with Crippen LogP contribution in [0.15, 0.2) is 5.38 Å². The minimum atomic E-state index is -0.929. The molecule has 1 rings (SSSR count). The molecular weight excluding hydrogens is 232 g/mol. The number of amides is 1. The quantitative estimate of drug-likeness (QED) is 0.853. The van der Waals surface area contributed by atoms with E-state index in [0.29, 0.717) is 10.7 Å². The maximum absolute atomic E-state index is 11.1. The van der Waals surface area contributed by atoms with Gasteiger partial charge in [-0.15, -0.1) is 11.3 Å². The van der Waals surface area contributed by atoms with E-state index in [2.05, 4.69) is 4.98 Å². The summed E-state index contributed by atoms with van der Waals surface area (Å²) in [6, 6.07) is 0. The van der Waals surface area contributed by atoms with Crippen molar-refractivity contribution in [1.29, 1.82) is 0 Å². The van der Waals surface area contributed by atoms with Gasteiger partial charge in [0.05, 0.1) is 12.1 Å². The average molecular weight is 244 g/mol. The number of thiazole rings is 1. The van der Waals surface area contributed by atoms with E-state index in [4.69, 9.17) is 9.84 Å². The number of carboxylic acid groups (broad SMARTS) is 1. The number of aliphatic carboxylic acids is 1. The Morgan fingerprint density at radius 2 is 2.25 bits per heavy atom. The molecule has 0 aliphatic rings. The van der Waals surface area contributed by atoms with Crippen molar-refractivity contribution >= 4 is 23.4 Å². The van der Waals surface area contributed by atoms with Crippen molar-refractivity contribution in [3.63, 3.8) is 0 Å². The molecule has 0 aliphatic carbocycles. The van der Waals surface area contributed by atoms with Crippen LogP contribution in [0.25, 0.3) is 0 Å². The van der Waals surface area contributed by atoms with Crippen LogP contribution in [-0.2, 0) is 22.6 Å². The van der Waals surface area contributed by atoms with Crippen molar-refractivity contribution in [2.24, 2.45) is 0 Å². The van der Waals surface area contributed by atoms with E-state index < -0.39 is 12.1 Å². The van der Waals surface area contributed by atoms with Crippen LogP contribution in [0.1, 0.15) is 10.7 Å². The van der Waals surface area contributed by atoms with Crippen molar-refractivity contribution in [2.45, 2.75) is 13.0 Å². The van der Waals surface area contributed by atoms with Gasteiger partial charge >= 0.3 is 12.1 Å². The van der Waals surface area contributed by atoms with Gasteiger partial charge in [0.1, 0.15) is 11.6 Å². The highest BCUT2D eigenvalue weighted by molar-refractivity contribution is 7.09. The predicted octanol–water partition coefficient (Wildman–Crippen LogP) is 0.968. The molecule has 1 heterocycles. The van der Waals surface area contributed by atoms with Gasteiger partial charge in [-0.3, -0.25) is 4.79 Å². The highest BCUT2D eigenvalue weighted by Crippen LogP contribution is 2.11. The van der Waals surface area contributed by atoms with E-state index in [9.17, 15) is 9.59 Å². The topological polar surface area (TPSA) is 79.7 Å². The third kappa shape index (κ3) is 3.85. The summed E-state index contributed by atoms with van der Waals surface area (Å²) >= 11 is 1.28. The Balaban J connectivity index is 2.46. The summed E-state index contributed by atoms with van der Waals surface area (Å²) in [5.74, 6) is -0.929. The lowest BCUT2D eigenvalue weighted by Gasteiger charge is -2.09. The molecule has 88 valence electrons. The van der Waals surface area contributed by atoms with Gasteiger partial charge in [0.15, 0.2) is 0 Å². The first-order chi connectivity index (χ1) is 7.49. The molecule has 0 radical (unpaired) electrons. The minimum Gasteiger partial charge on any atom is -0.481 e. The zero-order valence-electron chi connectivity index (χ0n) is 8.97. The molecule has 0 aromatic carbocycles. The molecule has 0 unspecified atom stereocenters. The second-order valence-corrected chi connectivity index (χ2v) is 4.19. The third-order valence-corrected chi connectivity index (χ3v) is 2.49. The lowest BCUT2D eigenvalue weighted by Crippen LogP contribution is -2.22. The summed E-state index contributed by atoms with van der Waals surface area (Å²) in [6.07, 6.45) is -0.562. The highest BCUT2D eigenvalue weighted by Gasteiger charge is 2.09. The number of aromatic nitrogens is 1. The van der Waals surface area contributed by atoms with E-state index in [-0.39, 0.29) is 13.0 Å². The lowest BCUT2D eigenvalue weighted by atomic mass is 10.3. The van der Waals surface area contributed by atoms with Crippen LogP contribution in [0.5, 0.6) is 0 Å². The molecule has 1 N–H and O–H groups in total. The van der Waals surface area contributed by atoms with Crippen LogP contribution >= 0.6 is 11.3 Å². The van der Waals surface area contributed by atoms with E-state index in [1.165, 1.54) is 16.2 Å². The SMILES string of the molecule is CN(C)C(=O)OCc1nc(CC(=O)O)cs1. The van der Waals surface area contributed by atoms with Crippen LogP contribution in [0, 0.1) is 0 Å². The van der Waals surface area contributed by atoms with E-state index in [1.54, 1.807) is 19.5 Å². The van der Waals surface area contributed by atoms with Gasteiger partial charge < -0.3 is 14.7 Å². The number of hydrogen-bond acceptors (Lipinski definition) is 5. The largest absolute Gasteiger partial charge is 0.481 e. The molecule has 0 atom stereocenters. The van der Waals surface area contributed by atoms with Gasteiger partial charge in [-0.25, -0.2) is 9.78 Å². The van der Waals surface area contributed by atoms with E-state index in [1.807, 2.05) is 0 Å². The van der Waals surface area contributed by atoms with Crippen LogP contribution in [0.3, 0.4) is 0 Å². The molecule has 7 heteroatoms. The Morgan fingerprint density at radius 3 is 2.81 bits per heavy atom. The maximum Gasteiger partial charge on any atom is 0.409 e. The molecule has 1 aromatic rings. The van der Waals surface area contributed by atoms with Gasteiger partial charge in [-0.05, 0) is 0 Å². The number of ether oxygens (including phenoxy) is 1.